The maximum Gasteiger partial charge on any atom is 0.323 e. The molecule has 2 atom stereocenters. The number of methoxy groups -OCH3 is 1. The molecule has 0 saturated heterocycles. The van der Waals surface area contributed by atoms with E-state index in [1.54, 1.807) is 0 Å². The van der Waals surface area contributed by atoms with Crippen molar-refractivity contribution in [1.82, 2.24) is 10.3 Å². The molecule has 3 aromatic rings. The molecule has 5 heteroatoms. The predicted octanol–water partition coefficient (Wildman–Crippen LogP) is 3.34. The zero-order chi connectivity index (χ0) is 18.1. The van der Waals surface area contributed by atoms with Crippen LogP contribution < -0.4 is 10.1 Å². The number of aromatic nitrogens is 1. The fraction of sp³-hybridized carbons (Fsp3) is 0.286. The van der Waals surface area contributed by atoms with Crippen LogP contribution in [-0.4, -0.2) is 30.7 Å². The Morgan fingerprint density at radius 3 is 2.65 bits per heavy atom. The molecular formula is C21H22N2O3. The van der Waals surface area contributed by atoms with Crippen molar-refractivity contribution in [2.24, 2.45) is 0 Å². The highest BCUT2D eigenvalue weighted by Gasteiger charge is 2.34. The van der Waals surface area contributed by atoms with Crippen molar-refractivity contribution in [2.75, 3.05) is 13.7 Å². The number of rotatable bonds is 4. The summed E-state index contributed by atoms with van der Waals surface area (Å²) in [5, 5.41) is 4.60. The summed E-state index contributed by atoms with van der Waals surface area (Å²) in [4.78, 5) is 15.8. The topological polar surface area (TPSA) is 63.4 Å². The van der Waals surface area contributed by atoms with E-state index in [4.69, 9.17) is 9.47 Å². The van der Waals surface area contributed by atoms with E-state index in [1.807, 2.05) is 43.3 Å². The van der Waals surface area contributed by atoms with Gasteiger partial charge in [-0.25, -0.2) is 0 Å². The van der Waals surface area contributed by atoms with Gasteiger partial charge in [-0.3, -0.25) is 10.1 Å². The van der Waals surface area contributed by atoms with Crippen molar-refractivity contribution >= 4 is 16.9 Å². The molecule has 0 aliphatic carbocycles. The number of fused-ring (bicyclic) bond motifs is 3. The zero-order valence-electron chi connectivity index (χ0n) is 14.9. The zero-order valence-corrected chi connectivity index (χ0v) is 14.9. The monoisotopic (exact) mass is 350 g/mol. The maximum absolute atomic E-state index is 12.2. The average molecular weight is 350 g/mol. The van der Waals surface area contributed by atoms with Crippen molar-refractivity contribution in [3.63, 3.8) is 0 Å². The number of H-pyrrole nitrogens is 1. The van der Waals surface area contributed by atoms with Crippen LogP contribution in [-0.2, 0) is 16.0 Å². The lowest BCUT2D eigenvalue weighted by Crippen LogP contribution is -2.45. The largest absolute Gasteiger partial charge is 0.494 e. The molecule has 2 aromatic carbocycles. The lowest BCUT2D eigenvalue weighted by atomic mass is 9.90. The van der Waals surface area contributed by atoms with E-state index in [0.29, 0.717) is 13.0 Å². The van der Waals surface area contributed by atoms with Crippen LogP contribution in [0, 0.1) is 0 Å². The smallest absolute Gasteiger partial charge is 0.323 e. The van der Waals surface area contributed by atoms with Gasteiger partial charge in [0, 0.05) is 23.0 Å². The molecule has 0 amide bonds. The van der Waals surface area contributed by atoms with E-state index >= 15 is 0 Å². The highest BCUT2D eigenvalue weighted by atomic mass is 16.5. The first-order valence-corrected chi connectivity index (χ1v) is 8.87. The second-order valence-electron chi connectivity index (χ2n) is 6.44. The van der Waals surface area contributed by atoms with Crippen LogP contribution in [0.15, 0.2) is 48.5 Å². The van der Waals surface area contributed by atoms with Crippen LogP contribution in [0.2, 0.25) is 0 Å². The minimum atomic E-state index is -0.372. The van der Waals surface area contributed by atoms with Gasteiger partial charge in [-0.1, -0.05) is 30.3 Å². The third-order valence-electron chi connectivity index (χ3n) is 4.92. The van der Waals surface area contributed by atoms with E-state index in [1.165, 1.54) is 12.7 Å². The number of para-hydroxylation sites is 1. The SMILES string of the molecule is CCOc1ccc(C2N[C@@H](C(=O)OC)Cc3c2[nH]c2ccccc32)cc1. The summed E-state index contributed by atoms with van der Waals surface area (Å²) in [7, 11) is 1.43. The number of esters is 1. The van der Waals surface area contributed by atoms with Gasteiger partial charge in [-0.05, 0) is 36.2 Å². The first-order chi connectivity index (χ1) is 12.7. The Hall–Kier alpha value is -2.79. The maximum atomic E-state index is 12.2. The van der Waals surface area contributed by atoms with Gasteiger partial charge in [-0.15, -0.1) is 0 Å². The van der Waals surface area contributed by atoms with Gasteiger partial charge < -0.3 is 14.5 Å². The predicted molar refractivity (Wildman–Crippen MR) is 100 cm³/mol. The first kappa shape index (κ1) is 16.7. The van der Waals surface area contributed by atoms with Crippen molar-refractivity contribution in [3.8, 4) is 5.75 Å². The normalized spacial score (nSPS) is 19.2. The highest BCUT2D eigenvalue weighted by molar-refractivity contribution is 5.87. The van der Waals surface area contributed by atoms with Crippen molar-refractivity contribution in [1.29, 1.82) is 0 Å². The molecule has 4 rings (SSSR count). The van der Waals surface area contributed by atoms with Crippen LogP contribution in [0.1, 0.15) is 29.8 Å². The van der Waals surface area contributed by atoms with E-state index < -0.39 is 0 Å². The minimum Gasteiger partial charge on any atom is -0.494 e. The summed E-state index contributed by atoms with van der Waals surface area (Å²) < 4.78 is 10.5. The van der Waals surface area contributed by atoms with Crippen LogP contribution in [0.3, 0.4) is 0 Å². The highest BCUT2D eigenvalue weighted by Crippen LogP contribution is 2.35. The molecule has 0 fully saturated rings. The number of nitrogens with one attached hydrogen (secondary N) is 2. The second-order valence-corrected chi connectivity index (χ2v) is 6.44. The minimum absolute atomic E-state index is 0.106. The fourth-order valence-electron chi connectivity index (χ4n) is 3.71. The van der Waals surface area contributed by atoms with Gasteiger partial charge in [-0.2, -0.15) is 0 Å². The van der Waals surface area contributed by atoms with Crippen molar-refractivity contribution in [2.45, 2.75) is 25.4 Å². The van der Waals surface area contributed by atoms with Crippen LogP contribution >= 0.6 is 0 Å². The number of hydrogen-bond donors (Lipinski definition) is 2. The van der Waals surface area contributed by atoms with E-state index in [-0.39, 0.29) is 18.1 Å². The molecule has 0 bridgehead atoms. The standard InChI is InChI=1S/C21H22N2O3/c1-3-26-14-10-8-13(9-11-14)19-20-16(12-18(23-19)21(24)25-2)15-6-4-5-7-17(15)22-20/h4-11,18-19,22-23H,3,12H2,1-2H3/t18-,19?/m1/s1. The Balaban J connectivity index is 1.79. The fourth-order valence-corrected chi connectivity index (χ4v) is 3.71. The Kier molecular flexibility index (Phi) is 4.39. The van der Waals surface area contributed by atoms with Crippen LogP contribution in [0.5, 0.6) is 5.75 Å². The van der Waals surface area contributed by atoms with E-state index in [2.05, 4.69) is 22.4 Å². The van der Waals surface area contributed by atoms with Crippen LogP contribution in [0.25, 0.3) is 10.9 Å². The third kappa shape index (κ3) is 2.84. The molecule has 134 valence electrons. The van der Waals surface area contributed by atoms with Gasteiger partial charge >= 0.3 is 5.97 Å². The molecule has 0 spiro atoms. The van der Waals surface area contributed by atoms with Crippen LogP contribution in [0.4, 0.5) is 0 Å². The molecule has 0 saturated carbocycles. The number of carbonyl (C=O) groups is 1. The number of benzene rings is 2. The molecule has 26 heavy (non-hydrogen) atoms. The van der Waals surface area contributed by atoms with Gasteiger partial charge in [0.1, 0.15) is 11.8 Å². The molecule has 2 heterocycles. The lowest BCUT2D eigenvalue weighted by Gasteiger charge is -2.30. The Morgan fingerprint density at radius 2 is 1.92 bits per heavy atom. The average Bonchev–Trinajstić information content (AvgIpc) is 3.06. The van der Waals surface area contributed by atoms with Gasteiger partial charge in [0.05, 0.1) is 19.8 Å². The molecule has 1 aliphatic heterocycles. The first-order valence-electron chi connectivity index (χ1n) is 8.87. The summed E-state index contributed by atoms with van der Waals surface area (Å²) in [5.74, 6) is 0.602. The second kappa shape index (κ2) is 6.84. The summed E-state index contributed by atoms with van der Waals surface area (Å²) in [6, 6.07) is 15.7. The summed E-state index contributed by atoms with van der Waals surface area (Å²) >= 11 is 0. The quantitative estimate of drug-likeness (QED) is 0.709. The lowest BCUT2D eigenvalue weighted by molar-refractivity contribution is -0.143. The summed E-state index contributed by atoms with van der Waals surface area (Å²) in [6.07, 6.45) is 0.611. The Labute approximate surface area is 152 Å². The molecular weight excluding hydrogens is 328 g/mol. The number of carbonyl (C=O) groups excluding carboxylic acids is 1. The third-order valence-corrected chi connectivity index (χ3v) is 4.92. The molecule has 1 unspecified atom stereocenters. The van der Waals surface area contributed by atoms with Gasteiger partial charge in [0.15, 0.2) is 0 Å². The van der Waals surface area contributed by atoms with E-state index in [9.17, 15) is 4.79 Å². The summed E-state index contributed by atoms with van der Waals surface area (Å²) in [6.45, 7) is 2.60. The Morgan fingerprint density at radius 1 is 1.15 bits per heavy atom. The molecule has 2 N–H and O–H groups in total. The molecule has 1 aromatic heterocycles. The number of hydrogen-bond acceptors (Lipinski definition) is 4. The molecule has 5 nitrogen and oxygen atoms in total. The molecule has 0 radical (unpaired) electrons. The molecule has 1 aliphatic rings. The Bertz CT molecular complexity index is 930. The number of ether oxygens (including phenoxy) is 2. The van der Waals surface area contributed by atoms with Gasteiger partial charge in [0.25, 0.3) is 0 Å². The number of aromatic amines is 1. The van der Waals surface area contributed by atoms with Crippen molar-refractivity contribution < 1.29 is 14.3 Å². The van der Waals surface area contributed by atoms with E-state index in [0.717, 1.165) is 27.9 Å². The van der Waals surface area contributed by atoms with Gasteiger partial charge in [0.2, 0.25) is 0 Å². The van der Waals surface area contributed by atoms with Crippen molar-refractivity contribution in [3.05, 3.63) is 65.4 Å². The summed E-state index contributed by atoms with van der Waals surface area (Å²) in [5.41, 5.74) is 4.44.